The van der Waals surface area contributed by atoms with E-state index in [1.54, 1.807) is 25.1 Å². The highest BCUT2D eigenvalue weighted by Gasteiger charge is 2.32. The molecule has 0 saturated heterocycles. The molecule has 0 spiro atoms. The van der Waals surface area contributed by atoms with Gasteiger partial charge in [0, 0.05) is 27.2 Å². The van der Waals surface area contributed by atoms with Crippen molar-refractivity contribution >= 4 is 22.6 Å². The van der Waals surface area contributed by atoms with E-state index in [2.05, 4.69) is 4.98 Å². The van der Waals surface area contributed by atoms with Crippen LogP contribution in [0.4, 0.5) is 5.69 Å². The van der Waals surface area contributed by atoms with Gasteiger partial charge in [0.25, 0.3) is 0 Å². The van der Waals surface area contributed by atoms with Gasteiger partial charge in [0.1, 0.15) is 0 Å². The number of hydrogen-bond donors (Lipinski definition) is 2. The molecule has 1 unspecified atom stereocenters. The third-order valence-electron chi connectivity index (χ3n) is 2.98. The van der Waals surface area contributed by atoms with Crippen molar-refractivity contribution < 1.29 is 14.5 Å². The average Bonchev–Trinajstić information content (AvgIpc) is 2.80. The van der Waals surface area contributed by atoms with Crippen molar-refractivity contribution in [1.29, 1.82) is 0 Å². The third-order valence-corrected chi connectivity index (χ3v) is 2.98. The number of aromatic nitrogens is 1. The van der Waals surface area contributed by atoms with Crippen molar-refractivity contribution in [3.63, 3.8) is 0 Å². The number of esters is 1. The van der Waals surface area contributed by atoms with Crippen LogP contribution in [0, 0.1) is 10.1 Å². The monoisotopic (exact) mass is 277 g/mol. The fourth-order valence-corrected chi connectivity index (χ4v) is 2.04. The first-order valence-corrected chi connectivity index (χ1v) is 6.19. The molecule has 0 aliphatic rings. The number of carbonyl (C=O) groups excluding carboxylic acids is 1. The van der Waals surface area contributed by atoms with Gasteiger partial charge in [-0.05, 0) is 25.1 Å². The van der Waals surface area contributed by atoms with Gasteiger partial charge in [-0.1, -0.05) is 6.07 Å². The Bertz CT molecular complexity index is 650. The van der Waals surface area contributed by atoms with Crippen LogP contribution in [0.25, 0.3) is 10.9 Å². The van der Waals surface area contributed by atoms with E-state index in [1.165, 1.54) is 0 Å². The van der Waals surface area contributed by atoms with Gasteiger partial charge in [-0.3, -0.25) is 10.1 Å². The summed E-state index contributed by atoms with van der Waals surface area (Å²) in [6.45, 7) is 1.72. The van der Waals surface area contributed by atoms with E-state index >= 15 is 0 Å². The molecule has 1 atom stereocenters. The van der Waals surface area contributed by atoms with Crippen molar-refractivity contribution in [2.75, 3.05) is 12.3 Å². The van der Waals surface area contributed by atoms with Crippen LogP contribution < -0.4 is 5.73 Å². The first-order chi connectivity index (χ1) is 9.52. The molecule has 1 heterocycles. The molecule has 2 rings (SSSR count). The lowest BCUT2D eigenvalue weighted by Gasteiger charge is -2.07. The number of nitrogens with zero attached hydrogens (tertiary/aromatic N) is 1. The molecule has 0 radical (unpaired) electrons. The zero-order valence-corrected chi connectivity index (χ0v) is 11.0. The molecule has 7 nitrogen and oxygen atoms in total. The van der Waals surface area contributed by atoms with Gasteiger partial charge < -0.3 is 15.5 Å². The molecule has 20 heavy (non-hydrogen) atoms. The summed E-state index contributed by atoms with van der Waals surface area (Å²) in [7, 11) is 0. The number of nitrogen functional groups attached to an aromatic ring is 1. The Balaban J connectivity index is 2.27. The lowest BCUT2D eigenvalue weighted by atomic mass is 10.1. The average molecular weight is 277 g/mol. The summed E-state index contributed by atoms with van der Waals surface area (Å²) in [5.41, 5.74) is 7.76. The maximum atomic E-state index is 11.6. The highest BCUT2D eigenvalue weighted by atomic mass is 16.6. The van der Waals surface area contributed by atoms with Gasteiger partial charge in [-0.2, -0.15) is 0 Å². The van der Waals surface area contributed by atoms with Crippen LogP contribution >= 0.6 is 0 Å². The number of nitro groups is 1. The number of nitrogens with one attached hydrogen (secondary N) is 1. The summed E-state index contributed by atoms with van der Waals surface area (Å²) in [6.07, 6.45) is -0.0556. The van der Waals surface area contributed by atoms with Gasteiger partial charge in [-0.25, -0.2) is 4.79 Å². The van der Waals surface area contributed by atoms with E-state index in [4.69, 9.17) is 10.5 Å². The summed E-state index contributed by atoms with van der Waals surface area (Å²) < 4.78 is 4.72. The fraction of sp³-hybridized carbons (Fsp3) is 0.308. The zero-order chi connectivity index (χ0) is 14.7. The molecule has 3 N–H and O–H groups in total. The summed E-state index contributed by atoms with van der Waals surface area (Å²) in [4.78, 5) is 24.9. The number of benzene rings is 1. The van der Waals surface area contributed by atoms with Crippen LogP contribution in [0.2, 0.25) is 0 Å². The van der Waals surface area contributed by atoms with E-state index in [9.17, 15) is 14.9 Å². The smallest absolute Gasteiger partial charge is 0.382 e. The molecule has 0 aliphatic heterocycles. The number of hydrogen-bond acceptors (Lipinski definition) is 5. The SMILES string of the molecule is CCOC(=O)C(Cc1cc2c(N)cccc2[nH]1)[N+](=O)[O-]. The van der Waals surface area contributed by atoms with Gasteiger partial charge in [0.2, 0.25) is 0 Å². The Hall–Kier alpha value is -2.57. The molecular weight excluding hydrogens is 262 g/mol. The second-order valence-corrected chi connectivity index (χ2v) is 4.36. The van der Waals surface area contributed by atoms with Crippen molar-refractivity contribution in [2.45, 2.75) is 19.4 Å². The van der Waals surface area contributed by atoms with Crippen LogP contribution in [0.15, 0.2) is 24.3 Å². The minimum atomic E-state index is -1.41. The molecule has 0 amide bonds. The number of H-pyrrole nitrogens is 1. The number of nitrogens with two attached hydrogens (primary N) is 1. The number of fused-ring (bicyclic) bond motifs is 1. The van der Waals surface area contributed by atoms with Crippen LogP contribution in [0.3, 0.4) is 0 Å². The molecule has 0 aliphatic carbocycles. The van der Waals surface area contributed by atoms with E-state index in [0.29, 0.717) is 11.4 Å². The number of anilines is 1. The Morgan fingerprint density at radius 1 is 1.55 bits per heavy atom. The molecule has 0 bridgehead atoms. The quantitative estimate of drug-likeness (QED) is 0.372. The van der Waals surface area contributed by atoms with Crippen LogP contribution in [0.5, 0.6) is 0 Å². The summed E-state index contributed by atoms with van der Waals surface area (Å²) in [5, 5.41) is 11.8. The van der Waals surface area contributed by atoms with Crippen molar-refractivity contribution in [3.05, 3.63) is 40.1 Å². The number of aromatic amines is 1. The fourth-order valence-electron chi connectivity index (χ4n) is 2.04. The topological polar surface area (TPSA) is 111 Å². The Kier molecular flexibility index (Phi) is 3.88. The molecule has 0 saturated carbocycles. The second-order valence-electron chi connectivity index (χ2n) is 4.36. The van der Waals surface area contributed by atoms with Gasteiger partial charge in [-0.15, -0.1) is 0 Å². The number of carbonyl (C=O) groups is 1. The maximum Gasteiger partial charge on any atom is 0.382 e. The normalized spacial score (nSPS) is 12.2. The zero-order valence-electron chi connectivity index (χ0n) is 11.0. The van der Waals surface area contributed by atoms with E-state index in [-0.39, 0.29) is 13.0 Å². The van der Waals surface area contributed by atoms with Gasteiger partial charge in [0.15, 0.2) is 0 Å². The molecule has 1 aromatic heterocycles. The van der Waals surface area contributed by atoms with Crippen LogP contribution in [0.1, 0.15) is 12.6 Å². The van der Waals surface area contributed by atoms with Crippen molar-refractivity contribution in [2.24, 2.45) is 0 Å². The van der Waals surface area contributed by atoms with Crippen LogP contribution in [-0.4, -0.2) is 28.5 Å². The predicted molar refractivity (Wildman–Crippen MR) is 73.8 cm³/mol. The van der Waals surface area contributed by atoms with Crippen LogP contribution in [-0.2, 0) is 16.0 Å². The lowest BCUT2D eigenvalue weighted by molar-refractivity contribution is -0.510. The highest BCUT2D eigenvalue weighted by molar-refractivity contribution is 5.91. The summed E-state index contributed by atoms with van der Waals surface area (Å²) >= 11 is 0. The molecule has 106 valence electrons. The minimum absolute atomic E-state index is 0.0556. The molecule has 1 aromatic carbocycles. The van der Waals surface area contributed by atoms with E-state index in [0.717, 1.165) is 10.9 Å². The summed E-state index contributed by atoms with van der Waals surface area (Å²) in [5.74, 6) is -0.830. The third kappa shape index (κ3) is 2.71. The van der Waals surface area contributed by atoms with E-state index < -0.39 is 16.9 Å². The van der Waals surface area contributed by atoms with Gasteiger partial charge in [0.05, 0.1) is 13.0 Å². The Morgan fingerprint density at radius 2 is 2.30 bits per heavy atom. The number of ether oxygens (including phenoxy) is 1. The highest BCUT2D eigenvalue weighted by Crippen LogP contribution is 2.22. The first kappa shape index (κ1) is 13.9. The molecular formula is C13H15N3O4. The standard InChI is InChI=1S/C13H15N3O4/c1-2-20-13(17)12(16(18)19)7-8-6-9-10(14)4-3-5-11(9)15-8/h3-6,12,15H,2,7,14H2,1H3. The van der Waals surface area contributed by atoms with Crippen molar-refractivity contribution in [3.8, 4) is 0 Å². The largest absolute Gasteiger partial charge is 0.461 e. The Labute approximate surface area is 114 Å². The van der Waals surface area contributed by atoms with E-state index in [1.807, 2.05) is 6.07 Å². The first-order valence-electron chi connectivity index (χ1n) is 6.19. The Morgan fingerprint density at radius 3 is 2.90 bits per heavy atom. The summed E-state index contributed by atoms with van der Waals surface area (Å²) in [6, 6.07) is 5.66. The molecule has 2 aromatic rings. The lowest BCUT2D eigenvalue weighted by Crippen LogP contribution is -2.33. The molecule has 7 heteroatoms. The molecule has 0 fully saturated rings. The second kappa shape index (κ2) is 5.60. The number of rotatable bonds is 5. The van der Waals surface area contributed by atoms with Crippen molar-refractivity contribution in [1.82, 2.24) is 4.98 Å². The minimum Gasteiger partial charge on any atom is -0.461 e. The maximum absolute atomic E-state index is 11.6. The predicted octanol–water partition coefficient (Wildman–Crippen LogP) is 1.50. The van der Waals surface area contributed by atoms with Gasteiger partial charge >= 0.3 is 12.0 Å².